The van der Waals surface area contributed by atoms with E-state index in [2.05, 4.69) is 24.5 Å². The Morgan fingerprint density at radius 2 is 1.75 bits per heavy atom. The van der Waals surface area contributed by atoms with Gasteiger partial charge in [-0.15, -0.1) is 0 Å². The third kappa shape index (κ3) is 5.03. The zero-order chi connectivity index (χ0) is 15.1. The second-order valence-electron chi connectivity index (χ2n) is 5.49. The molecule has 0 aromatic heterocycles. The number of rotatable bonds is 6. The topological polar surface area (TPSA) is 58.2 Å². The normalized spacial score (nSPS) is 10.7. The molecule has 0 aliphatic rings. The monoisotopic (exact) mass is 276 g/mol. The molecule has 0 atom stereocenters. The molecule has 0 saturated heterocycles. The van der Waals surface area contributed by atoms with Crippen molar-refractivity contribution in [2.24, 2.45) is 5.92 Å². The van der Waals surface area contributed by atoms with Crippen LogP contribution in [0.25, 0.3) is 0 Å². The Hall–Kier alpha value is -1.84. The molecule has 0 bridgehead atoms. The van der Waals surface area contributed by atoms with E-state index in [4.69, 9.17) is 0 Å². The van der Waals surface area contributed by atoms with Crippen molar-refractivity contribution in [2.75, 3.05) is 11.9 Å². The van der Waals surface area contributed by atoms with Gasteiger partial charge in [-0.25, -0.2) is 0 Å². The molecule has 0 unspecified atom stereocenters. The van der Waals surface area contributed by atoms with Crippen LogP contribution in [0.5, 0.6) is 0 Å². The zero-order valence-corrected chi connectivity index (χ0v) is 12.7. The fourth-order valence-electron chi connectivity index (χ4n) is 1.83. The number of hydrogen-bond acceptors (Lipinski definition) is 2. The van der Waals surface area contributed by atoms with Gasteiger partial charge in [0.05, 0.1) is 0 Å². The average Bonchev–Trinajstić information content (AvgIpc) is 2.38. The smallest absolute Gasteiger partial charge is 0.226 e. The van der Waals surface area contributed by atoms with Crippen molar-refractivity contribution in [1.82, 2.24) is 5.32 Å². The van der Waals surface area contributed by atoms with Gasteiger partial charge in [-0.05, 0) is 17.5 Å². The number of anilines is 1. The first kappa shape index (κ1) is 16.2. The van der Waals surface area contributed by atoms with Crippen LogP contribution in [0.3, 0.4) is 0 Å². The van der Waals surface area contributed by atoms with E-state index in [0.717, 1.165) is 11.3 Å². The van der Waals surface area contributed by atoms with Gasteiger partial charge in [0.1, 0.15) is 0 Å². The minimum Gasteiger partial charge on any atom is -0.355 e. The van der Waals surface area contributed by atoms with Gasteiger partial charge >= 0.3 is 0 Å². The molecular weight excluding hydrogens is 252 g/mol. The largest absolute Gasteiger partial charge is 0.355 e. The predicted octanol–water partition coefficient (Wildman–Crippen LogP) is 2.91. The molecule has 0 saturated carbocycles. The predicted molar refractivity (Wildman–Crippen MR) is 81.6 cm³/mol. The minimum absolute atomic E-state index is 0.0274. The van der Waals surface area contributed by atoms with Crippen molar-refractivity contribution in [1.29, 1.82) is 0 Å². The maximum Gasteiger partial charge on any atom is 0.226 e. The van der Waals surface area contributed by atoms with Gasteiger partial charge < -0.3 is 10.6 Å². The number of nitrogens with one attached hydrogen (secondary N) is 2. The third-order valence-corrected chi connectivity index (χ3v) is 3.03. The minimum atomic E-state index is -0.0813. The van der Waals surface area contributed by atoms with E-state index in [0.29, 0.717) is 12.5 Å². The maximum absolute atomic E-state index is 11.9. The number of amides is 2. The molecule has 2 N–H and O–H groups in total. The summed E-state index contributed by atoms with van der Waals surface area (Å²) in [7, 11) is 0. The Morgan fingerprint density at radius 1 is 1.10 bits per heavy atom. The van der Waals surface area contributed by atoms with Crippen molar-refractivity contribution in [3.63, 3.8) is 0 Å². The van der Waals surface area contributed by atoms with E-state index < -0.39 is 0 Å². The second-order valence-corrected chi connectivity index (χ2v) is 5.49. The summed E-state index contributed by atoms with van der Waals surface area (Å²) in [6.07, 6.45) is 0.283. The van der Waals surface area contributed by atoms with E-state index in [-0.39, 0.29) is 24.2 Å². The van der Waals surface area contributed by atoms with Gasteiger partial charge in [0.2, 0.25) is 11.8 Å². The number of carbonyl (C=O) groups is 2. The van der Waals surface area contributed by atoms with Crippen LogP contribution in [0.2, 0.25) is 0 Å². The highest BCUT2D eigenvalue weighted by Crippen LogP contribution is 2.23. The quantitative estimate of drug-likeness (QED) is 0.839. The van der Waals surface area contributed by atoms with Crippen LogP contribution in [0.1, 0.15) is 45.6 Å². The third-order valence-electron chi connectivity index (χ3n) is 3.03. The lowest BCUT2D eigenvalue weighted by Crippen LogP contribution is -2.30. The lowest BCUT2D eigenvalue weighted by Gasteiger charge is -2.14. The fourth-order valence-corrected chi connectivity index (χ4v) is 1.83. The summed E-state index contributed by atoms with van der Waals surface area (Å²) < 4.78 is 0. The molecule has 2 amide bonds. The summed E-state index contributed by atoms with van der Waals surface area (Å²) in [4.78, 5) is 23.3. The highest BCUT2D eigenvalue weighted by molar-refractivity contribution is 5.92. The van der Waals surface area contributed by atoms with Gasteiger partial charge in [-0.2, -0.15) is 0 Å². The van der Waals surface area contributed by atoms with Crippen LogP contribution < -0.4 is 10.6 Å². The lowest BCUT2D eigenvalue weighted by atomic mass is 10.0. The second kappa shape index (κ2) is 7.68. The molecule has 0 fully saturated rings. The van der Waals surface area contributed by atoms with Crippen LogP contribution in [0, 0.1) is 5.92 Å². The Bertz CT molecular complexity index is 467. The molecule has 110 valence electrons. The van der Waals surface area contributed by atoms with Crippen molar-refractivity contribution >= 4 is 17.5 Å². The first-order chi connectivity index (χ1) is 9.41. The molecule has 1 aromatic rings. The van der Waals surface area contributed by atoms with Crippen LogP contribution in [-0.4, -0.2) is 18.4 Å². The molecular formula is C16H24N2O2. The van der Waals surface area contributed by atoms with Crippen molar-refractivity contribution in [3.05, 3.63) is 29.8 Å². The molecule has 0 radical (unpaired) electrons. The van der Waals surface area contributed by atoms with Gasteiger partial charge in [0.15, 0.2) is 0 Å². The van der Waals surface area contributed by atoms with E-state index in [1.165, 1.54) is 0 Å². The summed E-state index contributed by atoms with van der Waals surface area (Å²) in [5.41, 5.74) is 1.97. The summed E-state index contributed by atoms with van der Waals surface area (Å²) in [6, 6.07) is 7.79. The summed E-state index contributed by atoms with van der Waals surface area (Å²) in [5, 5.41) is 5.64. The first-order valence-electron chi connectivity index (χ1n) is 7.08. The average molecular weight is 276 g/mol. The summed E-state index contributed by atoms with van der Waals surface area (Å²) in [5.74, 6) is 0.189. The SMILES string of the molecule is CC(C)C(=O)NCCC(=O)Nc1ccccc1C(C)C. The number of carbonyl (C=O) groups excluding carboxylic acids is 2. The zero-order valence-electron chi connectivity index (χ0n) is 12.7. The molecule has 20 heavy (non-hydrogen) atoms. The molecule has 0 aliphatic heterocycles. The number of benzene rings is 1. The van der Waals surface area contributed by atoms with E-state index in [1.54, 1.807) is 0 Å². The highest BCUT2D eigenvalue weighted by atomic mass is 16.2. The van der Waals surface area contributed by atoms with Crippen molar-refractivity contribution in [3.8, 4) is 0 Å². The molecule has 4 heteroatoms. The fraction of sp³-hybridized carbons (Fsp3) is 0.500. The molecule has 1 rings (SSSR count). The van der Waals surface area contributed by atoms with Crippen LogP contribution in [-0.2, 0) is 9.59 Å². The van der Waals surface area contributed by atoms with E-state index >= 15 is 0 Å². The van der Waals surface area contributed by atoms with Gasteiger partial charge in [-0.3, -0.25) is 9.59 Å². The van der Waals surface area contributed by atoms with Crippen LogP contribution in [0.15, 0.2) is 24.3 Å². The first-order valence-corrected chi connectivity index (χ1v) is 7.08. The summed E-state index contributed by atoms with van der Waals surface area (Å²) >= 11 is 0. The highest BCUT2D eigenvalue weighted by Gasteiger charge is 2.10. The van der Waals surface area contributed by atoms with Crippen molar-refractivity contribution < 1.29 is 9.59 Å². The summed E-state index contributed by atoms with van der Waals surface area (Å²) in [6.45, 7) is 8.21. The van der Waals surface area contributed by atoms with E-state index in [1.807, 2.05) is 38.1 Å². The number of hydrogen-bond donors (Lipinski definition) is 2. The number of para-hydroxylation sites is 1. The standard InChI is InChI=1S/C16H24N2O2/c1-11(2)13-7-5-6-8-14(13)18-15(19)9-10-17-16(20)12(3)4/h5-8,11-12H,9-10H2,1-4H3,(H,17,20)(H,18,19). The molecule has 1 aromatic carbocycles. The van der Waals surface area contributed by atoms with Gasteiger partial charge in [0.25, 0.3) is 0 Å². The van der Waals surface area contributed by atoms with E-state index in [9.17, 15) is 9.59 Å². The molecule has 0 heterocycles. The molecule has 0 aliphatic carbocycles. The Labute approximate surface area is 121 Å². The van der Waals surface area contributed by atoms with Gasteiger partial charge in [0, 0.05) is 24.6 Å². The Morgan fingerprint density at radius 3 is 2.35 bits per heavy atom. The Balaban J connectivity index is 2.49. The van der Waals surface area contributed by atoms with Crippen LogP contribution in [0.4, 0.5) is 5.69 Å². The molecule has 0 spiro atoms. The maximum atomic E-state index is 11.9. The van der Waals surface area contributed by atoms with Gasteiger partial charge in [-0.1, -0.05) is 45.9 Å². The Kier molecular flexibility index (Phi) is 6.22. The van der Waals surface area contributed by atoms with Crippen LogP contribution >= 0.6 is 0 Å². The lowest BCUT2D eigenvalue weighted by molar-refractivity contribution is -0.124. The van der Waals surface area contributed by atoms with Crippen molar-refractivity contribution in [2.45, 2.75) is 40.0 Å². The molecule has 4 nitrogen and oxygen atoms in total.